The van der Waals surface area contributed by atoms with E-state index < -0.39 is 0 Å². The Balaban J connectivity index is 0. The molecule has 0 aromatic carbocycles. The Morgan fingerprint density at radius 2 is 1.77 bits per heavy atom. The maximum atomic E-state index is 8.44. The van der Waals surface area contributed by atoms with Crippen molar-refractivity contribution in [3.63, 3.8) is 0 Å². The van der Waals surface area contributed by atoms with Gasteiger partial charge in [-0.2, -0.15) is 10.5 Å². The van der Waals surface area contributed by atoms with E-state index >= 15 is 0 Å². The first kappa shape index (κ1) is 15.4. The van der Waals surface area contributed by atoms with Gasteiger partial charge in [0, 0.05) is 0 Å². The first-order valence-corrected chi connectivity index (χ1v) is 5.31. The first-order valence-electron chi connectivity index (χ1n) is 3.56. The number of rotatable bonds is 5. The van der Waals surface area contributed by atoms with Crippen molar-refractivity contribution in [2.45, 2.75) is 18.1 Å². The van der Waals surface area contributed by atoms with Crippen LogP contribution in [0.15, 0.2) is 0 Å². The predicted molar refractivity (Wildman–Crippen MR) is 60.4 cm³/mol. The number of hydrogen-bond acceptors (Lipinski definition) is 5. The minimum atomic E-state index is -0.0556. The van der Waals surface area contributed by atoms with Gasteiger partial charge in [0.15, 0.2) is 0 Å². The van der Waals surface area contributed by atoms with Gasteiger partial charge in [-0.05, 0) is 43.5 Å². The summed E-state index contributed by atoms with van der Waals surface area (Å²) in [5, 5.41) is 20.9. The third kappa shape index (κ3) is 7.04. The van der Waals surface area contributed by atoms with Crippen molar-refractivity contribution >= 4 is 35.9 Å². The number of nitriles is 2. The zero-order valence-electron chi connectivity index (χ0n) is 7.56. The van der Waals surface area contributed by atoms with E-state index in [0.717, 1.165) is 36.5 Å². The van der Waals surface area contributed by atoms with E-state index in [-0.39, 0.29) is 17.1 Å². The molecular weight excluding hydrogens is 226 g/mol. The topological polar surface area (TPSA) is 50.8 Å². The Hall–Kier alpha value is -0.0700. The van der Waals surface area contributed by atoms with Gasteiger partial charge in [-0.15, -0.1) is 12.4 Å². The Kier molecular flexibility index (Phi) is 11.9. The van der Waals surface area contributed by atoms with Crippen LogP contribution in [-0.2, 0) is 0 Å². The van der Waals surface area contributed by atoms with Gasteiger partial charge >= 0.3 is 0 Å². The summed E-state index contributed by atoms with van der Waals surface area (Å²) >= 11 is 2.24. The highest BCUT2D eigenvalue weighted by Gasteiger charge is 2.14. The van der Waals surface area contributed by atoms with Crippen LogP contribution in [0.2, 0.25) is 0 Å². The van der Waals surface area contributed by atoms with Gasteiger partial charge in [-0.1, -0.05) is 6.92 Å². The molecule has 0 spiro atoms. The fraction of sp³-hybridized carbons (Fsp3) is 0.714. The fourth-order valence-electron chi connectivity index (χ4n) is 0.752. The molecule has 0 unspecified atom stereocenters. The van der Waals surface area contributed by atoms with Gasteiger partial charge in [-0.25, -0.2) is 0 Å². The highest BCUT2D eigenvalue weighted by molar-refractivity contribution is 8.20. The summed E-state index contributed by atoms with van der Waals surface area (Å²) in [6.45, 7) is 2.98. The van der Waals surface area contributed by atoms with E-state index in [1.165, 1.54) is 0 Å². The second-order valence-corrected chi connectivity index (χ2v) is 4.23. The Morgan fingerprint density at radius 3 is 2.08 bits per heavy atom. The third-order valence-electron chi connectivity index (χ3n) is 1.24. The van der Waals surface area contributed by atoms with Gasteiger partial charge in [0.25, 0.3) is 0 Å². The highest BCUT2D eigenvalue weighted by atomic mass is 35.5. The van der Waals surface area contributed by atoms with Crippen molar-refractivity contribution in [1.29, 1.82) is 10.5 Å². The molecule has 0 heterocycles. The Labute approximate surface area is 93.9 Å². The van der Waals surface area contributed by atoms with Crippen LogP contribution in [0.5, 0.6) is 0 Å². The number of halogens is 1. The van der Waals surface area contributed by atoms with Crippen LogP contribution < -0.4 is 0 Å². The molecular formula is C7H12ClN3S2. The highest BCUT2D eigenvalue weighted by Crippen LogP contribution is 2.24. The van der Waals surface area contributed by atoms with Crippen molar-refractivity contribution < 1.29 is 0 Å². The predicted octanol–water partition coefficient (Wildman–Crippen LogP) is 2.46. The monoisotopic (exact) mass is 237 g/mol. The maximum Gasteiger partial charge on any atom is 0.135 e. The van der Waals surface area contributed by atoms with Crippen LogP contribution in [0.25, 0.3) is 0 Å². The minimum Gasteiger partial charge on any atom is -0.285 e. The lowest BCUT2D eigenvalue weighted by Crippen LogP contribution is -2.26. The second kappa shape index (κ2) is 10.0. The summed E-state index contributed by atoms with van der Waals surface area (Å²) in [6.07, 6.45) is 1.03. The standard InChI is InChI=1S/C7H11N3S2.ClH/c1-3-4-10(2)7(11-5-8)12-6-9;/h7H,3-4H2,1-2H3;1H. The van der Waals surface area contributed by atoms with E-state index in [0.29, 0.717) is 0 Å². The van der Waals surface area contributed by atoms with Gasteiger partial charge in [0.2, 0.25) is 0 Å². The molecule has 0 aliphatic carbocycles. The number of thiocyanates is 2. The van der Waals surface area contributed by atoms with Crippen LogP contribution in [0.4, 0.5) is 0 Å². The quantitative estimate of drug-likeness (QED) is 0.543. The van der Waals surface area contributed by atoms with E-state index in [1.807, 2.05) is 22.8 Å². The van der Waals surface area contributed by atoms with Gasteiger partial charge < -0.3 is 0 Å². The van der Waals surface area contributed by atoms with E-state index in [1.54, 1.807) is 0 Å². The Morgan fingerprint density at radius 1 is 1.31 bits per heavy atom. The largest absolute Gasteiger partial charge is 0.285 e. The maximum absolute atomic E-state index is 8.44. The molecule has 74 valence electrons. The lowest BCUT2D eigenvalue weighted by Gasteiger charge is -2.20. The number of thioether (sulfide) groups is 2. The summed E-state index contributed by atoms with van der Waals surface area (Å²) in [7, 11) is 1.92. The zero-order valence-corrected chi connectivity index (χ0v) is 10.0. The van der Waals surface area contributed by atoms with Crippen molar-refractivity contribution in [1.82, 2.24) is 4.90 Å². The average Bonchev–Trinajstić information content (AvgIpc) is 2.04. The van der Waals surface area contributed by atoms with Crippen LogP contribution in [0.1, 0.15) is 13.3 Å². The SMILES string of the molecule is CCCN(C)C(SC#N)SC#N.Cl. The molecule has 0 rings (SSSR count). The molecule has 0 bridgehead atoms. The molecule has 13 heavy (non-hydrogen) atoms. The molecule has 0 aliphatic heterocycles. The molecule has 0 saturated heterocycles. The van der Waals surface area contributed by atoms with Gasteiger partial charge in [-0.3, -0.25) is 4.90 Å². The molecule has 0 radical (unpaired) electrons. The van der Waals surface area contributed by atoms with Crippen LogP contribution in [0, 0.1) is 21.3 Å². The first-order chi connectivity index (χ1) is 5.76. The van der Waals surface area contributed by atoms with Gasteiger partial charge in [0.05, 0.1) is 0 Å². The summed E-state index contributed by atoms with van der Waals surface area (Å²) in [5.74, 6) is 0. The van der Waals surface area contributed by atoms with Crippen LogP contribution in [-0.4, -0.2) is 23.2 Å². The lowest BCUT2D eigenvalue weighted by molar-refractivity contribution is 0.374. The number of nitrogens with zero attached hydrogens (tertiary/aromatic N) is 3. The summed E-state index contributed by atoms with van der Waals surface area (Å²) in [6, 6.07) is 0. The number of hydrogen-bond donors (Lipinski definition) is 0. The normalized spacial score (nSPS) is 9.08. The zero-order chi connectivity index (χ0) is 9.40. The molecule has 0 aromatic rings. The molecule has 0 saturated carbocycles. The smallest absolute Gasteiger partial charge is 0.135 e. The molecule has 0 aromatic heterocycles. The molecule has 0 aliphatic rings. The molecule has 3 nitrogen and oxygen atoms in total. The van der Waals surface area contributed by atoms with Crippen LogP contribution in [0.3, 0.4) is 0 Å². The molecule has 0 amide bonds. The minimum absolute atomic E-state index is 0. The summed E-state index contributed by atoms with van der Waals surface area (Å²) < 4.78 is -0.0556. The van der Waals surface area contributed by atoms with Crippen molar-refractivity contribution in [3.05, 3.63) is 0 Å². The average molecular weight is 238 g/mol. The second-order valence-electron chi connectivity index (χ2n) is 2.21. The molecule has 6 heteroatoms. The summed E-state index contributed by atoms with van der Waals surface area (Å²) in [5.41, 5.74) is 0. The third-order valence-corrected chi connectivity index (χ3v) is 3.15. The van der Waals surface area contributed by atoms with E-state index in [9.17, 15) is 0 Å². The van der Waals surface area contributed by atoms with Crippen LogP contribution >= 0.6 is 35.9 Å². The van der Waals surface area contributed by atoms with E-state index in [2.05, 4.69) is 6.92 Å². The van der Waals surface area contributed by atoms with Crippen molar-refractivity contribution in [2.24, 2.45) is 0 Å². The molecule has 0 N–H and O–H groups in total. The van der Waals surface area contributed by atoms with Crippen molar-refractivity contribution in [2.75, 3.05) is 13.6 Å². The van der Waals surface area contributed by atoms with Crippen molar-refractivity contribution in [3.8, 4) is 10.8 Å². The van der Waals surface area contributed by atoms with E-state index in [4.69, 9.17) is 10.5 Å². The Bertz CT molecular complexity index is 183. The fourth-order valence-corrected chi connectivity index (χ4v) is 1.95. The van der Waals surface area contributed by atoms with Gasteiger partial charge in [0.1, 0.15) is 15.5 Å². The lowest BCUT2D eigenvalue weighted by atomic mass is 10.5. The molecule has 0 atom stereocenters. The molecule has 0 fully saturated rings. The summed E-state index contributed by atoms with van der Waals surface area (Å²) in [4.78, 5) is 2.00.